The van der Waals surface area contributed by atoms with E-state index in [1.54, 1.807) is 24.3 Å². The third-order valence-electron chi connectivity index (χ3n) is 8.81. The summed E-state index contributed by atoms with van der Waals surface area (Å²) in [5.74, 6) is -0.0818. The molecule has 7 rings (SSSR count). The van der Waals surface area contributed by atoms with Crippen molar-refractivity contribution in [2.45, 2.75) is 25.4 Å². The van der Waals surface area contributed by atoms with Crippen molar-refractivity contribution in [1.82, 2.24) is 15.1 Å². The van der Waals surface area contributed by atoms with Crippen LogP contribution in [0.3, 0.4) is 0 Å². The minimum atomic E-state index is -0.372. The summed E-state index contributed by atoms with van der Waals surface area (Å²) in [5.41, 5.74) is 6.65. The van der Waals surface area contributed by atoms with Gasteiger partial charge in [0.1, 0.15) is 0 Å². The van der Waals surface area contributed by atoms with E-state index in [0.29, 0.717) is 51.1 Å². The topological polar surface area (TPSA) is 55.9 Å². The Kier molecular flexibility index (Phi) is 7.56. The summed E-state index contributed by atoms with van der Waals surface area (Å²) in [6.07, 6.45) is 2.11. The Morgan fingerprint density at radius 2 is 1.37 bits per heavy atom. The summed E-state index contributed by atoms with van der Waals surface area (Å²) in [6.45, 7) is 3.16. The molecule has 4 aromatic carbocycles. The fraction of sp³-hybridized carbons (Fsp3) is 0.235. The molecule has 1 fully saturated rings. The van der Waals surface area contributed by atoms with Gasteiger partial charge in [-0.1, -0.05) is 83.3 Å². The molecule has 2 aliphatic heterocycles. The van der Waals surface area contributed by atoms with Crippen LogP contribution in [0.2, 0.25) is 15.1 Å². The molecule has 3 aliphatic rings. The van der Waals surface area contributed by atoms with Gasteiger partial charge >= 0.3 is 6.03 Å². The summed E-state index contributed by atoms with van der Waals surface area (Å²) < 4.78 is 0. The number of nitrogens with one attached hydrogen (secondary N) is 1. The minimum Gasteiger partial charge on any atom is -0.336 e. The normalized spacial score (nSPS) is 17.0. The molecule has 0 atom stereocenters. The third kappa shape index (κ3) is 5.17. The zero-order valence-corrected chi connectivity index (χ0v) is 25.6. The summed E-state index contributed by atoms with van der Waals surface area (Å²) in [4.78, 5) is 33.4. The number of amides is 3. The number of anilines is 2. The minimum absolute atomic E-state index is 0.0818. The third-order valence-corrected chi connectivity index (χ3v) is 9.75. The Labute approximate surface area is 265 Å². The van der Waals surface area contributed by atoms with E-state index in [9.17, 15) is 9.59 Å². The van der Waals surface area contributed by atoms with Gasteiger partial charge in [0.15, 0.2) is 0 Å². The van der Waals surface area contributed by atoms with Crippen LogP contribution in [0, 0.1) is 0 Å². The monoisotopic (exact) mass is 630 g/mol. The number of rotatable bonds is 4. The van der Waals surface area contributed by atoms with Crippen molar-refractivity contribution in [1.29, 1.82) is 0 Å². The molecule has 0 bridgehead atoms. The Morgan fingerprint density at radius 1 is 0.744 bits per heavy atom. The van der Waals surface area contributed by atoms with Crippen molar-refractivity contribution < 1.29 is 9.59 Å². The second kappa shape index (κ2) is 11.5. The van der Waals surface area contributed by atoms with E-state index < -0.39 is 0 Å². The molecule has 9 heteroatoms. The molecule has 0 unspecified atom stereocenters. The molecule has 0 radical (unpaired) electrons. The molecular formula is C34H29Cl3N4O2. The standard InChI is InChI=1S/C34H29Cl3N4O2/c35-28-9-4-3-8-25(28)26-18-23(19-31-27(26)20-38-34(43)41(31)32-29(36)10-5-11-30(32)37)33(42)40-14-12-39(13-15-40)24-16-21-6-1-2-7-22(21)17-24/h1-11,18-19,24H,12-17,20H2,(H,38,43). The highest BCUT2D eigenvalue weighted by Gasteiger charge is 2.34. The van der Waals surface area contributed by atoms with Crippen molar-refractivity contribution in [2.75, 3.05) is 31.1 Å². The molecule has 2 heterocycles. The van der Waals surface area contributed by atoms with E-state index in [2.05, 4.69) is 34.5 Å². The number of carbonyl (C=O) groups is 2. The average Bonchev–Trinajstić information content (AvgIpc) is 3.46. The van der Waals surface area contributed by atoms with E-state index in [4.69, 9.17) is 34.8 Å². The SMILES string of the molecule is O=C(c1cc(-c2ccccc2Cl)c2c(c1)N(c1c(Cl)cccc1Cl)C(=O)NC2)N1CCN(C2Cc3ccccc3C2)CC1. The molecule has 6 nitrogen and oxygen atoms in total. The van der Waals surface area contributed by atoms with Crippen molar-refractivity contribution >= 4 is 58.1 Å². The fourth-order valence-corrected chi connectivity index (χ4v) is 7.43. The number of carbonyl (C=O) groups excluding carboxylic acids is 2. The molecule has 1 N–H and O–H groups in total. The summed E-state index contributed by atoms with van der Waals surface area (Å²) in [5, 5.41) is 4.16. The van der Waals surface area contributed by atoms with Gasteiger partial charge < -0.3 is 10.2 Å². The van der Waals surface area contributed by atoms with Crippen LogP contribution in [0.5, 0.6) is 0 Å². The second-order valence-corrected chi connectivity index (χ2v) is 12.4. The molecule has 1 saturated heterocycles. The van der Waals surface area contributed by atoms with Gasteiger partial charge in [-0.25, -0.2) is 4.79 Å². The van der Waals surface area contributed by atoms with Crippen LogP contribution in [0.15, 0.2) is 78.9 Å². The number of urea groups is 1. The zero-order valence-electron chi connectivity index (χ0n) is 23.3. The molecule has 0 aromatic heterocycles. The van der Waals surface area contributed by atoms with E-state index in [0.717, 1.165) is 42.6 Å². The van der Waals surface area contributed by atoms with Crippen LogP contribution >= 0.6 is 34.8 Å². The summed E-state index contributed by atoms with van der Waals surface area (Å²) in [7, 11) is 0. The maximum Gasteiger partial charge on any atom is 0.326 e. The molecule has 218 valence electrons. The number of benzene rings is 4. The number of fused-ring (bicyclic) bond motifs is 2. The van der Waals surface area contributed by atoms with Crippen molar-refractivity contribution in [3.8, 4) is 11.1 Å². The van der Waals surface area contributed by atoms with E-state index >= 15 is 0 Å². The molecule has 43 heavy (non-hydrogen) atoms. The van der Waals surface area contributed by atoms with Crippen LogP contribution in [-0.2, 0) is 19.4 Å². The Hall–Kier alpha value is -3.55. The quantitative estimate of drug-likeness (QED) is 0.252. The van der Waals surface area contributed by atoms with Gasteiger partial charge in [-0.3, -0.25) is 14.6 Å². The van der Waals surface area contributed by atoms with Crippen LogP contribution in [-0.4, -0.2) is 54.0 Å². The molecule has 1 aliphatic carbocycles. The Morgan fingerprint density at radius 3 is 2.05 bits per heavy atom. The zero-order chi connectivity index (χ0) is 29.7. The summed E-state index contributed by atoms with van der Waals surface area (Å²) >= 11 is 19.9. The number of hydrogen-bond donors (Lipinski definition) is 1. The number of piperazine rings is 1. The van der Waals surface area contributed by atoms with Crippen LogP contribution < -0.4 is 10.2 Å². The molecule has 0 spiro atoms. The maximum atomic E-state index is 14.1. The van der Waals surface area contributed by atoms with Crippen LogP contribution in [0.25, 0.3) is 11.1 Å². The molecule has 4 aromatic rings. The highest BCUT2D eigenvalue weighted by molar-refractivity contribution is 6.40. The fourth-order valence-electron chi connectivity index (χ4n) is 6.63. The Bertz CT molecular complexity index is 1710. The van der Waals surface area contributed by atoms with Crippen molar-refractivity contribution in [3.63, 3.8) is 0 Å². The lowest BCUT2D eigenvalue weighted by Gasteiger charge is -2.38. The molecular weight excluding hydrogens is 603 g/mol. The van der Waals surface area contributed by atoms with Gasteiger partial charge in [0, 0.05) is 60.5 Å². The van der Waals surface area contributed by atoms with Crippen molar-refractivity contribution in [3.05, 3.63) is 116 Å². The number of nitrogens with zero attached hydrogens (tertiary/aromatic N) is 3. The van der Waals surface area contributed by atoms with Crippen LogP contribution in [0.1, 0.15) is 27.0 Å². The van der Waals surface area contributed by atoms with Gasteiger partial charge in [0.2, 0.25) is 0 Å². The lowest BCUT2D eigenvalue weighted by molar-refractivity contribution is 0.0576. The van der Waals surface area contributed by atoms with Gasteiger partial charge in [-0.2, -0.15) is 0 Å². The van der Waals surface area contributed by atoms with E-state index in [-0.39, 0.29) is 18.5 Å². The predicted molar refractivity (Wildman–Crippen MR) is 173 cm³/mol. The number of hydrogen-bond acceptors (Lipinski definition) is 3. The van der Waals surface area contributed by atoms with E-state index in [1.165, 1.54) is 16.0 Å². The van der Waals surface area contributed by atoms with Gasteiger partial charge in [0.25, 0.3) is 5.91 Å². The lowest BCUT2D eigenvalue weighted by Crippen LogP contribution is -2.52. The highest BCUT2D eigenvalue weighted by atomic mass is 35.5. The Balaban J connectivity index is 1.23. The predicted octanol–water partition coefficient (Wildman–Crippen LogP) is 7.60. The highest BCUT2D eigenvalue weighted by Crippen LogP contribution is 2.45. The smallest absolute Gasteiger partial charge is 0.326 e. The number of para-hydroxylation sites is 1. The maximum absolute atomic E-state index is 14.1. The summed E-state index contributed by atoms with van der Waals surface area (Å²) in [6, 6.07) is 25.1. The van der Waals surface area contributed by atoms with Crippen molar-refractivity contribution in [2.24, 2.45) is 0 Å². The number of halogens is 3. The first kappa shape index (κ1) is 28.2. The first-order valence-corrected chi connectivity index (χ1v) is 15.6. The average molecular weight is 632 g/mol. The first-order valence-electron chi connectivity index (χ1n) is 14.4. The second-order valence-electron chi connectivity index (χ2n) is 11.2. The first-order chi connectivity index (χ1) is 20.9. The molecule has 0 saturated carbocycles. The van der Waals surface area contributed by atoms with Crippen LogP contribution in [0.4, 0.5) is 16.2 Å². The van der Waals surface area contributed by atoms with Gasteiger partial charge in [0.05, 0.1) is 21.4 Å². The largest absolute Gasteiger partial charge is 0.336 e. The lowest BCUT2D eigenvalue weighted by atomic mass is 9.93. The molecule has 3 amide bonds. The van der Waals surface area contributed by atoms with Gasteiger partial charge in [-0.05, 0) is 59.9 Å². The van der Waals surface area contributed by atoms with E-state index in [1.807, 2.05) is 35.2 Å². The van der Waals surface area contributed by atoms with Gasteiger partial charge in [-0.15, -0.1) is 0 Å².